The lowest BCUT2D eigenvalue weighted by Crippen LogP contribution is -2.22. The van der Waals surface area contributed by atoms with Crippen LogP contribution < -0.4 is 0 Å². The Kier molecular flexibility index (Phi) is 2.71. The Bertz CT molecular complexity index is 480. The van der Waals surface area contributed by atoms with Crippen LogP contribution in [0.1, 0.15) is 11.1 Å². The SMILES string of the molecule is OC(F)(c1ccccc1)c1ccccc1F. The molecular formula is C13H10F2O. The van der Waals surface area contributed by atoms with Crippen LogP contribution in [0.3, 0.4) is 0 Å². The Morgan fingerprint density at radius 2 is 1.44 bits per heavy atom. The Morgan fingerprint density at radius 1 is 0.875 bits per heavy atom. The van der Waals surface area contributed by atoms with Gasteiger partial charge in [-0.3, -0.25) is 0 Å². The average Bonchev–Trinajstić information content (AvgIpc) is 2.30. The Labute approximate surface area is 92.0 Å². The Balaban J connectivity index is 2.51. The number of rotatable bonds is 2. The molecule has 0 fully saturated rings. The summed E-state index contributed by atoms with van der Waals surface area (Å²) in [6, 6.07) is 12.9. The van der Waals surface area contributed by atoms with E-state index >= 15 is 0 Å². The van der Waals surface area contributed by atoms with E-state index in [1.54, 1.807) is 18.2 Å². The van der Waals surface area contributed by atoms with Gasteiger partial charge >= 0.3 is 0 Å². The van der Waals surface area contributed by atoms with Crippen LogP contribution >= 0.6 is 0 Å². The van der Waals surface area contributed by atoms with Crippen molar-refractivity contribution in [1.82, 2.24) is 0 Å². The molecule has 16 heavy (non-hydrogen) atoms. The van der Waals surface area contributed by atoms with Gasteiger partial charge in [-0.1, -0.05) is 48.5 Å². The summed E-state index contributed by atoms with van der Waals surface area (Å²) in [7, 11) is 0. The van der Waals surface area contributed by atoms with E-state index < -0.39 is 11.7 Å². The molecule has 0 aliphatic heterocycles. The van der Waals surface area contributed by atoms with Crippen molar-refractivity contribution in [1.29, 1.82) is 0 Å². The average molecular weight is 220 g/mol. The van der Waals surface area contributed by atoms with Gasteiger partial charge in [0, 0.05) is 5.56 Å². The predicted octanol–water partition coefficient (Wildman–Crippen LogP) is 2.99. The van der Waals surface area contributed by atoms with Gasteiger partial charge in [-0.05, 0) is 6.07 Å². The number of halogens is 2. The summed E-state index contributed by atoms with van der Waals surface area (Å²) in [5, 5.41) is 9.73. The highest BCUT2D eigenvalue weighted by Gasteiger charge is 2.33. The number of alkyl halides is 1. The monoisotopic (exact) mass is 220 g/mol. The molecular weight excluding hydrogens is 210 g/mol. The lowest BCUT2D eigenvalue weighted by molar-refractivity contribution is -0.0573. The lowest BCUT2D eigenvalue weighted by Gasteiger charge is -2.20. The van der Waals surface area contributed by atoms with Crippen LogP contribution in [0, 0.1) is 5.82 Å². The highest BCUT2D eigenvalue weighted by Crippen LogP contribution is 2.32. The van der Waals surface area contributed by atoms with Gasteiger partial charge in [0.05, 0.1) is 5.56 Å². The van der Waals surface area contributed by atoms with Gasteiger partial charge in [-0.2, -0.15) is 0 Å². The van der Waals surface area contributed by atoms with Crippen molar-refractivity contribution in [2.45, 2.75) is 5.85 Å². The van der Waals surface area contributed by atoms with Crippen molar-refractivity contribution in [3.8, 4) is 0 Å². The number of hydrogen-bond acceptors (Lipinski definition) is 1. The van der Waals surface area contributed by atoms with Gasteiger partial charge in [0.15, 0.2) is 0 Å². The topological polar surface area (TPSA) is 20.2 Å². The van der Waals surface area contributed by atoms with Gasteiger partial charge < -0.3 is 5.11 Å². The molecule has 1 unspecified atom stereocenters. The predicted molar refractivity (Wildman–Crippen MR) is 56.9 cm³/mol. The van der Waals surface area contributed by atoms with Crippen molar-refractivity contribution in [3.05, 3.63) is 71.5 Å². The summed E-state index contributed by atoms with van der Waals surface area (Å²) in [6.45, 7) is 0. The summed E-state index contributed by atoms with van der Waals surface area (Å²) in [5.41, 5.74) is -0.360. The smallest absolute Gasteiger partial charge is 0.262 e. The van der Waals surface area contributed by atoms with Gasteiger partial charge in [0.2, 0.25) is 0 Å². The minimum atomic E-state index is -2.80. The quantitative estimate of drug-likeness (QED) is 0.824. The van der Waals surface area contributed by atoms with E-state index in [-0.39, 0.29) is 11.1 Å². The van der Waals surface area contributed by atoms with Crippen LogP contribution in [0.2, 0.25) is 0 Å². The first-order valence-corrected chi connectivity index (χ1v) is 4.84. The normalized spacial score (nSPS) is 14.4. The minimum Gasteiger partial charge on any atom is -0.354 e. The largest absolute Gasteiger partial charge is 0.354 e. The van der Waals surface area contributed by atoms with Gasteiger partial charge in [0.25, 0.3) is 5.85 Å². The van der Waals surface area contributed by atoms with Crippen molar-refractivity contribution in [3.63, 3.8) is 0 Å². The molecule has 82 valence electrons. The molecule has 2 rings (SSSR count). The van der Waals surface area contributed by atoms with Crippen molar-refractivity contribution < 1.29 is 13.9 Å². The Morgan fingerprint density at radius 3 is 2.06 bits per heavy atom. The molecule has 0 saturated heterocycles. The van der Waals surface area contributed by atoms with E-state index in [1.165, 1.54) is 30.3 Å². The van der Waals surface area contributed by atoms with Crippen LogP contribution in [0.4, 0.5) is 8.78 Å². The highest BCUT2D eigenvalue weighted by molar-refractivity contribution is 5.33. The molecule has 0 aliphatic rings. The zero-order valence-electron chi connectivity index (χ0n) is 8.40. The summed E-state index contributed by atoms with van der Waals surface area (Å²) < 4.78 is 27.5. The highest BCUT2D eigenvalue weighted by atomic mass is 19.2. The van der Waals surface area contributed by atoms with E-state index in [9.17, 15) is 13.9 Å². The molecule has 0 amide bonds. The second-order valence-electron chi connectivity index (χ2n) is 3.47. The third-order valence-corrected chi connectivity index (χ3v) is 2.39. The zero-order valence-corrected chi connectivity index (χ0v) is 8.40. The molecule has 0 saturated carbocycles. The van der Waals surface area contributed by atoms with Gasteiger partial charge in [0.1, 0.15) is 5.82 Å². The van der Waals surface area contributed by atoms with E-state index in [2.05, 4.69) is 0 Å². The summed E-state index contributed by atoms with van der Waals surface area (Å²) >= 11 is 0. The van der Waals surface area contributed by atoms with Gasteiger partial charge in [-0.15, -0.1) is 0 Å². The maximum Gasteiger partial charge on any atom is 0.262 e. The molecule has 0 heterocycles. The van der Waals surface area contributed by atoms with E-state index in [0.29, 0.717) is 0 Å². The minimum absolute atomic E-state index is 0.0140. The molecule has 3 heteroatoms. The van der Waals surface area contributed by atoms with E-state index in [4.69, 9.17) is 0 Å². The number of aliphatic hydroxyl groups is 1. The first kappa shape index (κ1) is 10.8. The molecule has 0 bridgehead atoms. The maximum absolute atomic E-state index is 14.1. The second-order valence-corrected chi connectivity index (χ2v) is 3.47. The summed E-state index contributed by atoms with van der Waals surface area (Å²) in [4.78, 5) is 0. The van der Waals surface area contributed by atoms with E-state index in [0.717, 1.165) is 6.07 Å². The second kappa shape index (κ2) is 4.02. The standard InChI is InChI=1S/C13H10F2O/c14-12-9-5-4-8-11(12)13(15,16)10-6-2-1-3-7-10/h1-9,16H. The van der Waals surface area contributed by atoms with Crippen LogP contribution in [0.5, 0.6) is 0 Å². The first-order chi connectivity index (χ1) is 7.62. The van der Waals surface area contributed by atoms with Gasteiger partial charge in [-0.25, -0.2) is 8.78 Å². The van der Waals surface area contributed by atoms with Crippen LogP contribution in [0.15, 0.2) is 54.6 Å². The third-order valence-electron chi connectivity index (χ3n) is 2.39. The molecule has 0 aliphatic carbocycles. The lowest BCUT2D eigenvalue weighted by atomic mass is 9.99. The molecule has 2 aromatic rings. The van der Waals surface area contributed by atoms with Crippen molar-refractivity contribution in [2.24, 2.45) is 0 Å². The maximum atomic E-state index is 14.1. The molecule has 0 spiro atoms. The summed E-state index contributed by atoms with van der Waals surface area (Å²) in [5.74, 6) is -3.57. The van der Waals surface area contributed by atoms with Crippen LogP contribution in [-0.4, -0.2) is 5.11 Å². The van der Waals surface area contributed by atoms with Crippen LogP contribution in [-0.2, 0) is 5.85 Å². The summed E-state index contributed by atoms with van der Waals surface area (Å²) in [6.07, 6.45) is 0. The zero-order chi connectivity index (χ0) is 11.6. The first-order valence-electron chi connectivity index (χ1n) is 4.84. The fraction of sp³-hybridized carbons (Fsp3) is 0.0769. The number of hydrogen-bond donors (Lipinski definition) is 1. The van der Waals surface area contributed by atoms with Crippen molar-refractivity contribution >= 4 is 0 Å². The molecule has 0 aromatic heterocycles. The molecule has 1 N–H and O–H groups in total. The fourth-order valence-corrected chi connectivity index (χ4v) is 1.54. The fourth-order valence-electron chi connectivity index (χ4n) is 1.54. The molecule has 2 aromatic carbocycles. The number of benzene rings is 2. The van der Waals surface area contributed by atoms with Crippen molar-refractivity contribution in [2.75, 3.05) is 0 Å². The molecule has 1 atom stereocenters. The third kappa shape index (κ3) is 1.82. The molecule has 1 nitrogen and oxygen atoms in total. The molecule has 0 radical (unpaired) electrons. The van der Waals surface area contributed by atoms with Crippen LogP contribution in [0.25, 0.3) is 0 Å². The Hall–Kier alpha value is -1.74. The van der Waals surface area contributed by atoms with E-state index in [1.807, 2.05) is 0 Å².